The summed E-state index contributed by atoms with van der Waals surface area (Å²) in [5, 5.41) is 18.3. The number of hydrazine groups is 1. The molecule has 0 radical (unpaired) electrons. The normalized spacial score (nSPS) is 18.7. The number of hydrazone groups is 1. The van der Waals surface area contributed by atoms with Gasteiger partial charge in [-0.05, 0) is 18.2 Å². The van der Waals surface area contributed by atoms with Gasteiger partial charge in [0.05, 0.1) is 10.7 Å². The van der Waals surface area contributed by atoms with Crippen LogP contribution in [0.3, 0.4) is 0 Å². The van der Waals surface area contributed by atoms with Crippen molar-refractivity contribution < 1.29 is 14.7 Å². The first kappa shape index (κ1) is 19.1. The Kier molecular flexibility index (Phi) is 5.33. The Bertz CT molecular complexity index is 950. The molecule has 10 heteroatoms. The van der Waals surface area contributed by atoms with Crippen LogP contribution in [-0.4, -0.2) is 22.8 Å². The monoisotopic (exact) mass is 407 g/mol. The van der Waals surface area contributed by atoms with Gasteiger partial charge in [-0.2, -0.15) is 5.10 Å². The van der Waals surface area contributed by atoms with Crippen LogP contribution in [-0.2, 0) is 10.4 Å². The number of hydrogen-bond donors (Lipinski definition) is 5. The lowest BCUT2D eigenvalue weighted by Crippen LogP contribution is -2.40. The molecule has 1 aliphatic rings. The average Bonchev–Trinajstić information content (AvgIpc) is 2.89. The fourth-order valence-corrected chi connectivity index (χ4v) is 3.31. The Balaban J connectivity index is 2.04. The van der Waals surface area contributed by atoms with Gasteiger partial charge in [0, 0.05) is 28.3 Å². The standard InChI is InChI=1S/C17H15Cl2N5O3/c18-9-5-6-10(12(19)7-9)14(23-24-16(26)22-20)8-17(27)11-3-1-2-4-13(11)21-15(17)25/h1-7,27H,8,20H2,(H,21,25)(H2,22,24,26)/b23-14+/t17-/m1/s1. The Morgan fingerprint density at radius 2 is 2.00 bits per heavy atom. The summed E-state index contributed by atoms with van der Waals surface area (Å²) in [6.07, 6.45) is -0.248. The minimum atomic E-state index is -1.89. The fourth-order valence-electron chi connectivity index (χ4n) is 2.79. The SMILES string of the molecule is NNC(=O)N/N=C(\C[C@]1(O)C(=O)Nc2ccccc21)c1ccc(Cl)cc1Cl. The van der Waals surface area contributed by atoms with Crippen molar-refractivity contribution in [3.05, 3.63) is 63.6 Å². The second-order valence-corrected chi connectivity index (χ2v) is 6.65. The van der Waals surface area contributed by atoms with E-state index in [2.05, 4.69) is 15.8 Å². The van der Waals surface area contributed by atoms with Gasteiger partial charge in [-0.15, -0.1) is 0 Å². The zero-order chi connectivity index (χ0) is 19.6. The summed E-state index contributed by atoms with van der Waals surface area (Å²) in [7, 11) is 0. The molecule has 0 saturated heterocycles. The van der Waals surface area contributed by atoms with Gasteiger partial charge >= 0.3 is 6.03 Å². The molecule has 6 N–H and O–H groups in total. The summed E-state index contributed by atoms with van der Waals surface area (Å²) in [6, 6.07) is 10.6. The number of carbonyl (C=O) groups excluding carboxylic acids is 2. The fraction of sp³-hybridized carbons (Fsp3) is 0.118. The van der Waals surface area contributed by atoms with Gasteiger partial charge in [-0.25, -0.2) is 16.1 Å². The Hall–Kier alpha value is -2.65. The Morgan fingerprint density at radius 3 is 2.70 bits per heavy atom. The summed E-state index contributed by atoms with van der Waals surface area (Å²) in [6.45, 7) is 0. The third kappa shape index (κ3) is 3.74. The van der Waals surface area contributed by atoms with Crippen molar-refractivity contribution in [2.45, 2.75) is 12.0 Å². The highest BCUT2D eigenvalue weighted by Crippen LogP contribution is 2.39. The second-order valence-electron chi connectivity index (χ2n) is 5.80. The molecule has 1 atom stereocenters. The summed E-state index contributed by atoms with van der Waals surface area (Å²) >= 11 is 12.2. The molecule has 0 bridgehead atoms. The highest BCUT2D eigenvalue weighted by Gasteiger charge is 2.46. The maximum atomic E-state index is 12.5. The number of anilines is 1. The van der Waals surface area contributed by atoms with Crippen LogP contribution in [0.2, 0.25) is 10.0 Å². The third-order valence-electron chi connectivity index (χ3n) is 4.09. The molecule has 2 aromatic rings. The molecule has 0 aliphatic carbocycles. The van der Waals surface area contributed by atoms with E-state index >= 15 is 0 Å². The highest BCUT2D eigenvalue weighted by molar-refractivity contribution is 6.37. The van der Waals surface area contributed by atoms with Crippen LogP contribution >= 0.6 is 23.2 Å². The van der Waals surface area contributed by atoms with Gasteiger partial charge in [0.15, 0.2) is 5.60 Å². The average molecular weight is 408 g/mol. The first-order valence-electron chi connectivity index (χ1n) is 7.77. The van der Waals surface area contributed by atoms with E-state index in [9.17, 15) is 14.7 Å². The molecule has 1 heterocycles. The molecule has 1 aliphatic heterocycles. The number of para-hydroxylation sites is 1. The summed E-state index contributed by atoms with van der Waals surface area (Å²) in [5.41, 5.74) is 3.61. The summed E-state index contributed by atoms with van der Waals surface area (Å²) in [4.78, 5) is 23.9. The molecule has 0 spiro atoms. The quantitative estimate of drug-likeness (QED) is 0.230. The molecule has 3 amide bonds. The molecule has 0 saturated carbocycles. The van der Waals surface area contributed by atoms with Gasteiger partial charge in [0.1, 0.15) is 0 Å². The first-order valence-corrected chi connectivity index (χ1v) is 8.52. The molecule has 140 valence electrons. The van der Waals surface area contributed by atoms with Crippen molar-refractivity contribution in [1.82, 2.24) is 10.9 Å². The van der Waals surface area contributed by atoms with E-state index in [0.29, 0.717) is 21.8 Å². The Morgan fingerprint density at radius 1 is 1.26 bits per heavy atom. The van der Waals surface area contributed by atoms with E-state index in [1.165, 1.54) is 6.07 Å². The van der Waals surface area contributed by atoms with Crippen molar-refractivity contribution in [3.8, 4) is 0 Å². The number of benzene rings is 2. The molecule has 0 unspecified atom stereocenters. The van der Waals surface area contributed by atoms with Gasteiger partial charge in [-0.3, -0.25) is 10.2 Å². The number of rotatable bonds is 4. The topological polar surface area (TPSA) is 129 Å². The molecular weight excluding hydrogens is 393 g/mol. The van der Waals surface area contributed by atoms with Crippen LogP contribution < -0.4 is 22.0 Å². The van der Waals surface area contributed by atoms with E-state index in [1.54, 1.807) is 36.4 Å². The van der Waals surface area contributed by atoms with Gasteiger partial charge in [0.2, 0.25) is 0 Å². The number of amides is 3. The maximum absolute atomic E-state index is 12.5. The predicted molar refractivity (Wildman–Crippen MR) is 102 cm³/mol. The van der Waals surface area contributed by atoms with Crippen molar-refractivity contribution in [2.75, 3.05) is 5.32 Å². The van der Waals surface area contributed by atoms with Gasteiger partial charge in [0.25, 0.3) is 5.91 Å². The van der Waals surface area contributed by atoms with Crippen LogP contribution in [0.5, 0.6) is 0 Å². The minimum Gasteiger partial charge on any atom is -0.375 e. The number of nitrogens with two attached hydrogens (primary N) is 1. The largest absolute Gasteiger partial charge is 0.375 e. The van der Waals surface area contributed by atoms with Crippen LogP contribution in [0.25, 0.3) is 0 Å². The third-order valence-corrected chi connectivity index (χ3v) is 4.63. The summed E-state index contributed by atoms with van der Waals surface area (Å²) in [5.74, 6) is 4.43. The van der Waals surface area contributed by atoms with E-state index in [4.69, 9.17) is 29.0 Å². The molecular formula is C17H15Cl2N5O3. The second kappa shape index (κ2) is 7.53. The van der Waals surface area contributed by atoms with Crippen molar-refractivity contribution in [1.29, 1.82) is 0 Å². The van der Waals surface area contributed by atoms with Crippen LogP contribution in [0.15, 0.2) is 47.6 Å². The number of fused-ring (bicyclic) bond motifs is 1. The lowest BCUT2D eigenvalue weighted by Gasteiger charge is -2.22. The lowest BCUT2D eigenvalue weighted by atomic mass is 9.87. The van der Waals surface area contributed by atoms with E-state index in [-0.39, 0.29) is 17.2 Å². The minimum absolute atomic E-state index is 0.162. The molecule has 8 nitrogen and oxygen atoms in total. The van der Waals surface area contributed by atoms with Crippen molar-refractivity contribution in [3.63, 3.8) is 0 Å². The van der Waals surface area contributed by atoms with E-state index in [1.807, 2.05) is 5.43 Å². The number of nitrogens with one attached hydrogen (secondary N) is 3. The van der Waals surface area contributed by atoms with Crippen molar-refractivity contribution >= 4 is 46.5 Å². The number of nitrogens with zero attached hydrogens (tertiary/aromatic N) is 1. The maximum Gasteiger partial charge on any atom is 0.349 e. The highest BCUT2D eigenvalue weighted by atomic mass is 35.5. The smallest absolute Gasteiger partial charge is 0.349 e. The number of aliphatic hydroxyl groups is 1. The van der Waals surface area contributed by atoms with E-state index in [0.717, 1.165) is 0 Å². The molecule has 2 aromatic carbocycles. The number of urea groups is 1. The van der Waals surface area contributed by atoms with E-state index < -0.39 is 17.5 Å². The Labute approximate surface area is 164 Å². The predicted octanol–water partition coefficient (Wildman–Crippen LogP) is 2.10. The molecule has 27 heavy (non-hydrogen) atoms. The van der Waals surface area contributed by atoms with Crippen LogP contribution in [0, 0.1) is 0 Å². The summed E-state index contributed by atoms with van der Waals surface area (Å²) < 4.78 is 0. The number of halogens is 2. The van der Waals surface area contributed by atoms with Crippen molar-refractivity contribution in [2.24, 2.45) is 10.9 Å². The van der Waals surface area contributed by atoms with Gasteiger partial charge < -0.3 is 10.4 Å². The lowest BCUT2D eigenvalue weighted by molar-refractivity contribution is -0.132. The first-order chi connectivity index (χ1) is 12.8. The molecule has 3 rings (SSSR count). The number of carbonyl (C=O) groups is 2. The molecule has 0 aromatic heterocycles. The van der Waals surface area contributed by atoms with Crippen LogP contribution in [0.1, 0.15) is 17.5 Å². The van der Waals surface area contributed by atoms with Crippen LogP contribution in [0.4, 0.5) is 10.5 Å². The molecule has 0 fully saturated rings. The van der Waals surface area contributed by atoms with Gasteiger partial charge in [-0.1, -0.05) is 47.5 Å². The zero-order valence-electron chi connectivity index (χ0n) is 13.8. The number of hydrogen-bond acceptors (Lipinski definition) is 5. The zero-order valence-corrected chi connectivity index (χ0v) is 15.3.